The molecule has 0 aromatic carbocycles. The van der Waals surface area contributed by atoms with E-state index in [-0.39, 0.29) is 11.8 Å². The van der Waals surface area contributed by atoms with E-state index in [1.54, 1.807) is 0 Å². The third kappa shape index (κ3) is 4.19. The van der Waals surface area contributed by atoms with Crippen molar-refractivity contribution in [3.05, 3.63) is 12.2 Å². The van der Waals surface area contributed by atoms with E-state index in [9.17, 15) is 5.26 Å². The predicted molar refractivity (Wildman–Crippen MR) is 73.4 cm³/mol. The second kappa shape index (κ2) is 7.22. The largest absolute Gasteiger partial charge is 0.198 e. The zero-order valence-corrected chi connectivity index (χ0v) is 11.7. The molecule has 2 unspecified atom stereocenters. The summed E-state index contributed by atoms with van der Waals surface area (Å²) in [5, 5.41) is 18.4. The molecule has 1 aliphatic carbocycles. The molecule has 0 radical (unpaired) electrons. The Hall–Kier alpha value is -1.28. The van der Waals surface area contributed by atoms with Gasteiger partial charge in [0.05, 0.1) is 18.1 Å². The number of allylic oxidation sites excluding steroid dienone is 1. The first-order chi connectivity index (χ1) is 8.58. The summed E-state index contributed by atoms with van der Waals surface area (Å²) in [7, 11) is 0. The molecule has 0 aromatic rings. The summed E-state index contributed by atoms with van der Waals surface area (Å²) in [5.74, 6) is 1.11. The monoisotopic (exact) mass is 244 g/mol. The Labute approximate surface area is 111 Å². The van der Waals surface area contributed by atoms with Crippen molar-refractivity contribution in [1.82, 2.24) is 0 Å². The Morgan fingerprint density at radius 1 is 1.22 bits per heavy atom. The first-order valence-corrected chi connectivity index (χ1v) is 7.02. The molecule has 98 valence electrons. The molecule has 1 fully saturated rings. The van der Waals surface area contributed by atoms with Crippen molar-refractivity contribution in [1.29, 1.82) is 10.5 Å². The van der Waals surface area contributed by atoms with Gasteiger partial charge >= 0.3 is 0 Å². The van der Waals surface area contributed by atoms with Crippen LogP contribution >= 0.6 is 0 Å². The number of hydrogen-bond acceptors (Lipinski definition) is 2. The van der Waals surface area contributed by atoms with Gasteiger partial charge < -0.3 is 0 Å². The van der Waals surface area contributed by atoms with Crippen LogP contribution in [0.1, 0.15) is 52.4 Å². The Morgan fingerprint density at radius 3 is 2.50 bits per heavy atom. The maximum atomic E-state index is 9.29. The van der Waals surface area contributed by atoms with E-state index in [2.05, 4.69) is 32.6 Å². The van der Waals surface area contributed by atoms with Gasteiger partial charge in [-0.25, -0.2) is 0 Å². The van der Waals surface area contributed by atoms with Gasteiger partial charge in [-0.15, -0.1) is 6.58 Å². The zero-order chi connectivity index (χ0) is 13.5. The molecule has 0 bridgehead atoms. The first kappa shape index (κ1) is 14.8. The minimum absolute atomic E-state index is 0.152. The summed E-state index contributed by atoms with van der Waals surface area (Å²) in [6.07, 6.45) is 6.31. The van der Waals surface area contributed by atoms with Gasteiger partial charge in [-0.3, -0.25) is 0 Å². The van der Waals surface area contributed by atoms with Gasteiger partial charge in [0.2, 0.25) is 0 Å². The quantitative estimate of drug-likeness (QED) is 0.530. The highest BCUT2D eigenvalue weighted by molar-refractivity contribution is 5.00. The van der Waals surface area contributed by atoms with E-state index in [0.717, 1.165) is 38.5 Å². The summed E-state index contributed by atoms with van der Waals surface area (Å²) in [5.41, 5.74) is 1.23. The van der Waals surface area contributed by atoms with E-state index >= 15 is 0 Å². The minimum atomic E-state index is 0.152. The lowest BCUT2D eigenvalue weighted by molar-refractivity contribution is 0.170. The molecule has 1 saturated carbocycles. The van der Waals surface area contributed by atoms with Gasteiger partial charge in [-0.1, -0.05) is 18.9 Å². The van der Waals surface area contributed by atoms with E-state index in [1.165, 1.54) is 5.57 Å². The van der Waals surface area contributed by atoms with Gasteiger partial charge in [-0.05, 0) is 50.9 Å². The summed E-state index contributed by atoms with van der Waals surface area (Å²) in [4.78, 5) is 0. The van der Waals surface area contributed by atoms with Crippen LogP contribution in [0.3, 0.4) is 0 Å². The number of unbranched alkanes of at least 4 members (excludes halogenated alkanes) is 1. The fourth-order valence-corrected chi connectivity index (χ4v) is 3.14. The third-order valence-electron chi connectivity index (χ3n) is 4.12. The van der Waals surface area contributed by atoms with E-state index < -0.39 is 0 Å². The number of rotatable bonds is 5. The molecule has 0 saturated heterocycles. The highest BCUT2D eigenvalue weighted by atomic mass is 14.4. The van der Waals surface area contributed by atoms with Crippen LogP contribution in [-0.2, 0) is 0 Å². The highest BCUT2D eigenvalue weighted by Crippen LogP contribution is 2.40. The van der Waals surface area contributed by atoms with Crippen molar-refractivity contribution >= 4 is 0 Å². The van der Waals surface area contributed by atoms with Crippen LogP contribution in [-0.4, -0.2) is 0 Å². The fraction of sp³-hybridized carbons (Fsp3) is 0.750. The Balaban J connectivity index is 2.47. The van der Waals surface area contributed by atoms with Crippen LogP contribution in [0, 0.1) is 46.3 Å². The van der Waals surface area contributed by atoms with Gasteiger partial charge in [0.15, 0.2) is 0 Å². The van der Waals surface area contributed by atoms with Crippen LogP contribution in [0.2, 0.25) is 0 Å². The van der Waals surface area contributed by atoms with Gasteiger partial charge in [0, 0.05) is 5.92 Å². The molecule has 2 heteroatoms. The van der Waals surface area contributed by atoms with Gasteiger partial charge in [-0.2, -0.15) is 10.5 Å². The molecular formula is C16H24N2. The summed E-state index contributed by atoms with van der Waals surface area (Å²) in [6.45, 7) is 8.10. The van der Waals surface area contributed by atoms with Gasteiger partial charge in [0.25, 0.3) is 0 Å². The van der Waals surface area contributed by atoms with Crippen LogP contribution < -0.4 is 0 Å². The second-order valence-corrected chi connectivity index (χ2v) is 5.89. The maximum Gasteiger partial charge on any atom is 0.0661 e. The Bertz CT molecular complexity index is 358. The molecule has 18 heavy (non-hydrogen) atoms. The van der Waals surface area contributed by atoms with Crippen LogP contribution in [0.15, 0.2) is 12.2 Å². The maximum absolute atomic E-state index is 9.29. The van der Waals surface area contributed by atoms with Crippen molar-refractivity contribution in [2.24, 2.45) is 23.7 Å². The lowest BCUT2D eigenvalue weighted by Crippen LogP contribution is -2.30. The van der Waals surface area contributed by atoms with Crippen molar-refractivity contribution in [3.63, 3.8) is 0 Å². The minimum Gasteiger partial charge on any atom is -0.198 e. The summed E-state index contributed by atoms with van der Waals surface area (Å²) in [6, 6.07) is 4.87. The molecule has 1 rings (SSSR count). The first-order valence-electron chi connectivity index (χ1n) is 7.02. The molecule has 0 heterocycles. The molecule has 0 aromatic heterocycles. The van der Waals surface area contributed by atoms with Crippen LogP contribution in [0.5, 0.6) is 0 Å². The lowest BCUT2D eigenvalue weighted by atomic mass is 9.68. The molecule has 0 amide bonds. The standard InChI is InChI=1S/C16H24N2/c1-12(2)6-4-5-7-15-9-14(10-17)8-13(3)16(15)11-18/h13-16H,1,4-9H2,2-3H3/t13?,14-,15?,16+/m1/s1. The molecular weight excluding hydrogens is 220 g/mol. The van der Waals surface area contributed by atoms with Crippen molar-refractivity contribution in [2.75, 3.05) is 0 Å². The molecule has 0 N–H and O–H groups in total. The molecule has 4 atom stereocenters. The number of nitriles is 2. The lowest BCUT2D eigenvalue weighted by Gasteiger charge is -2.34. The SMILES string of the molecule is C=C(C)CCCCC1C[C@H](C#N)CC(C)[C@@H]1C#N. The van der Waals surface area contributed by atoms with Crippen LogP contribution in [0.4, 0.5) is 0 Å². The van der Waals surface area contributed by atoms with E-state index in [0.29, 0.717) is 11.8 Å². The average Bonchev–Trinajstić information content (AvgIpc) is 2.33. The smallest absolute Gasteiger partial charge is 0.0661 e. The average molecular weight is 244 g/mol. The molecule has 1 aliphatic rings. The number of nitrogens with zero attached hydrogens (tertiary/aromatic N) is 2. The Morgan fingerprint density at radius 2 is 1.94 bits per heavy atom. The normalized spacial score (nSPS) is 31.3. The second-order valence-electron chi connectivity index (χ2n) is 5.89. The van der Waals surface area contributed by atoms with Crippen molar-refractivity contribution in [2.45, 2.75) is 52.4 Å². The van der Waals surface area contributed by atoms with Crippen molar-refractivity contribution < 1.29 is 0 Å². The Kier molecular flexibility index (Phi) is 5.93. The third-order valence-corrected chi connectivity index (χ3v) is 4.12. The number of hydrogen-bond donors (Lipinski definition) is 0. The van der Waals surface area contributed by atoms with E-state index in [4.69, 9.17) is 5.26 Å². The van der Waals surface area contributed by atoms with Crippen LogP contribution in [0.25, 0.3) is 0 Å². The van der Waals surface area contributed by atoms with Crippen molar-refractivity contribution in [3.8, 4) is 12.1 Å². The van der Waals surface area contributed by atoms with E-state index in [1.807, 2.05) is 0 Å². The fourth-order valence-electron chi connectivity index (χ4n) is 3.14. The molecule has 2 nitrogen and oxygen atoms in total. The topological polar surface area (TPSA) is 47.6 Å². The van der Waals surface area contributed by atoms with Gasteiger partial charge in [0.1, 0.15) is 0 Å². The summed E-state index contributed by atoms with van der Waals surface area (Å²) < 4.78 is 0. The summed E-state index contributed by atoms with van der Waals surface area (Å²) >= 11 is 0. The zero-order valence-electron chi connectivity index (χ0n) is 11.7. The molecule has 0 spiro atoms. The highest BCUT2D eigenvalue weighted by Gasteiger charge is 2.35. The molecule has 0 aliphatic heterocycles. The predicted octanol–water partition coefficient (Wildman–Crippen LogP) is 4.45.